The van der Waals surface area contributed by atoms with Gasteiger partial charge in [0, 0.05) is 23.5 Å². The maximum atomic E-state index is 13.0. The van der Waals surface area contributed by atoms with Gasteiger partial charge in [0.2, 0.25) is 17.7 Å². The lowest BCUT2D eigenvalue weighted by Gasteiger charge is -2.22. The highest BCUT2D eigenvalue weighted by Gasteiger charge is 2.27. The highest BCUT2D eigenvalue weighted by Crippen LogP contribution is 2.18. The molecule has 208 valence electrons. The summed E-state index contributed by atoms with van der Waals surface area (Å²) in [5.74, 6) is -2.91. The Kier molecular flexibility index (Phi) is 11.0. The van der Waals surface area contributed by atoms with Crippen LogP contribution in [0, 0.1) is 0 Å². The molecule has 9 N–H and O–H groups in total. The van der Waals surface area contributed by atoms with Crippen molar-refractivity contribution in [3.05, 3.63) is 71.9 Å². The van der Waals surface area contributed by atoms with E-state index in [1.54, 1.807) is 30.5 Å². The molecule has 3 aromatic rings. The van der Waals surface area contributed by atoms with E-state index < -0.39 is 48.4 Å². The number of nitrogens with two attached hydrogens (primary N) is 2. The standard InChI is InChI=1S/C28H36N6O5/c29-13-7-6-12-23(28(38)39)34-27(37)24(14-18-8-2-1-3-9-18)33-25(35)17-32-26(36)21(30)15-19-16-31-22-11-5-4-10-20(19)22/h1-5,8-11,16,21,23-24,31H,6-7,12-15,17,29-30H2,(H,32,36)(H,33,35)(H,34,37)(H,38,39). The van der Waals surface area contributed by atoms with E-state index in [0.29, 0.717) is 19.4 Å². The number of aromatic nitrogens is 1. The lowest BCUT2D eigenvalue weighted by molar-refractivity contribution is -0.142. The van der Waals surface area contributed by atoms with Crippen molar-refractivity contribution in [2.45, 2.75) is 50.2 Å². The van der Waals surface area contributed by atoms with Crippen LogP contribution in [0.15, 0.2) is 60.8 Å². The molecule has 3 atom stereocenters. The van der Waals surface area contributed by atoms with Gasteiger partial charge in [-0.2, -0.15) is 0 Å². The number of hydrogen-bond donors (Lipinski definition) is 7. The van der Waals surface area contributed by atoms with Crippen LogP contribution >= 0.6 is 0 Å². The van der Waals surface area contributed by atoms with Gasteiger partial charge in [0.25, 0.3) is 0 Å². The van der Waals surface area contributed by atoms with E-state index in [9.17, 15) is 24.3 Å². The quantitative estimate of drug-likeness (QED) is 0.138. The maximum Gasteiger partial charge on any atom is 0.326 e. The van der Waals surface area contributed by atoms with E-state index in [-0.39, 0.29) is 19.3 Å². The first-order valence-electron chi connectivity index (χ1n) is 12.9. The molecule has 0 aliphatic rings. The van der Waals surface area contributed by atoms with Gasteiger partial charge in [0.05, 0.1) is 12.6 Å². The minimum absolute atomic E-state index is 0.140. The number of benzene rings is 2. The predicted octanol–water partition coefficient (Wildman–Crippen LogP) is 0.580. The number of fused-ring (bicyclic) bond motifs is 1. The summed E-state index contributed by atoms with van der Waals surface area (Å²) in [5.41, 5.74) is 14.2. The third kappa shape index (κ3) is 8.94. The normalized spacial score (nSPS) is 13.3. The van der Waals surface area contributed by atoms with Crippen molar-refractivity contribution in [1.29, 1.82) is 0 Å². The van der Waals surface area contributed by atoms with Gasteiger partial charge < -0.3 is 37.5 Å². The number of amides is 3. The largest absolute Gasteiger partial charge is 0.480 e. The van der Waals surface area contributed by atoms with Gasteiger partial charge in [0.15, 0.2) is 0 Å². The topological polar surface area (TPSA) is 192 Å². The molecule has 2 aromatic carbocycles. The Hall–Kier alpha value is -4.22. The van der Waals surface area contributed by atoms with Gasteiger partial charge in [-0.3, -0.25) is 14.4 Å². The van der Waals surface area contributed by atoms with Gasteiger partial charge in [-0.1, -0.05) is 48.5 Å². The number of carboxylic acid groups (broad SMARTS) is 1. The SMILES string of the molecule is NCCCCC(NC(=O)C(Cc1ccccc1)NC(=O)CNC(=O)C(N)Cc1c[nH]c2ccccc12)C(=O)O. The van der Waals surface area contributed by atoms with Crippen LogP contribution in [0.25, 0.3) is 10.9 Å². The maximum absolute atomic E-state index is 13.0. The number of aliphatic carboxylic acids is 1. The number of nitrogens with one attached hydrogen (secondary N) is 4. The van der Waals surface area contributed by atoms with Gasteiger partial charge in [-0.15, -0.1) is 0 Å². The zero-order valence-corrected chi connectivity index (χ0v) is 21.7. The highest BCUT2D eigenvalue weighted by atomic mass is 16.4. The molecule has 0 saturated carbocycles. The van der Waals surface area contributed by atoms with Gasteiger partial charge in [-0.05, 0) is 49.4 Å². The second-order valence-corrected chi connectivity index (χ2v) is 9.38. The molecular weight excluding hydrogens is 500 g/mol. The summed E-state index contributed by atoms with van der Waals surface area (Å²) < 4.78 is 0. The van der Waals surface area contributed by atoms with Crippen molar-refractivity contribution in [3.63, 3.8) is 0 Å². The summed E-state index contributed by atoms with van der Waals surface area (Å²) in [7, 11) is 0. The van der Waals surface area contributed by atoms with Gasteiger partial charge in [0.1, 0.15) is 12.1 Å². The minimum Gasteiger partial charge on any atom is -0.480 e. The molecule has 3 rings (SSSR count). The zero-order valence-electron chi connectivity index (χ0n) is 21.7. The molecule has 0 aliphatic heterocycles. The average molecular weight is 537 g/mol. The monoisotopic (exact) mass is 536 g/mol. The summed E-state index contributed by atoms with van der Waals surface area (Å²) in [6, 6.07) is 13.6. The molecule has 39 heavy (non-hydrogen) atoms. The van der Waals surface area contributed by atoms with E-state index >= 15 is 0 Å². The molecule has 0 radical (unpaired) electrons. The highest BCUT2D eigenvalue weighted by molar-refractivity contribution is 5.93. The zero-order chi connectivity index (χ0) is 28.2. The molecule has 0 saturated heterocycles. The van der Waals surface area contributed by atoms with Crippen LogP contribution in [0.1, 0.15) is 30.4 Å². The smallest absolute Gasteiger partial charge is 0.326 e. The summed E-state index contributed by atoms with van der Waals surface area (Å²) in [4.78, 5) is 53.1. The van der Waals surface area contributed by atoms with Crippen LogP contribution in [0.4, 0.5) is 0 Å². The molecule has 0 spiro atoms. The minimum atomic E-state index is -1.17. The Morgan fingerprint density at radius 2 is 1.59 bits per heavy atom. The molecule has 0 bridgehead atoms. The van der Waals surface area contributed by atoms with Crippen molar-refractivity contribution in [2.24, 2.45) is 11.5 Å². The molecule has 11 nitrogen and oxygen atoms in total. The first-order chi connectivity index (χ1) is 18.8. The van der Waals surface area contributed by atoms with E-state index in [2.05, 4.69) is 20.9 Å². The Balaban J connectivity index is 1.58. The van der Waals surface area contributed by atoms with Gasteiger partial charge >= 0.3 is 5.97 Å². The number of aromatic amines is 1. The van der Waals surface area contributed by atoms with Crippen LogP contribution < -0.4 is 27.4 Å². The first kappa shape index (κ1) is 29.3. The molecule has 0 aliphatic carbocycles. The van der Waals surface area contributed by atoms with E-state index in [0.717, 1.165) is 22.0 Å². The van der Waals surface area contributed by atoms with Crippen LogP contribution in [0.5, 0.6) is 0 Å². The number of para-hydroxylation sites is 1. The second kappa shape index (κ2) is 14.6. The number of H-pyrrole nitrogens is 1. The van der Waals surface area contributed by atoms with Crippen molar-refractivity contribution in [2.75, 3.05) is 13.1 Å². The fourth-order valence-corrected chi connectivity index (χ4v) is 4.26. The van der Waals surface area contributed by atoms with Crippen LogP contribution in [-0.2, 0) is 32.0 Å². The van der Waals surface area contributed by atoms with E-state index in [1.807, 2.05) is 30.3 Å². The molecule has 1 heterocycles. The van der Waals surface area contributed by atoms with Crippen molar-refractivity contribution in [1.82, 2.24) is 20.9 Å². The Labute approximate surface area is 226 Å². The number of unbranched alkanes of at least 4 members (excludes halogenated alkanes) is 1. The third-order valence-electron chi connectivity index (χ3n) is 6.37. The lowest BCUT2D eigenvalue weighted by Crippen LogP contribution is -2.54. The number of carboxylic acids is 1. The molecular formula is C28H36N6O5. The number of hydrogen-bond acceptors (Lipinski definition) is 6. The molecule has 0 fully saturated rings. The van der Waals surface area contributed by atoms with E-state index in [1.165, 1.54) is 0 Å². The second-order valence-electron chi connectivity index (χ2n) is 9.38. The van der Waals surface area contributed by atoms with Crippen molar-refractivity contribution < 1.29 is 24.3 Å². The summed E-state index contributed by atoms with van der Waals surface area (Å²) in [5, 5.41) is 18.2. The molecule has 3 amide bonds. The van der Waals surface area contributed by atoms with Gasteiger partial charge in [-0.25, -0.2) is 4.79 Å². The Morgan fingerprint density at radius 3 is 2.31 bits per heavy atom. The fourth-order valence-electron chi connectivity index (χ4n) is 4.26. The molecule has 1 aromatic heterocycles. The predicted molar refractivity (Wildman–Crippen MR) is 148 cm³/mol. The van der Waals surface area contributed by atoms with Crippen molar-refractivity contribution >= 4 is 34.6 Å². The fraction of sp³-hybridized carbons (Fsp3) is 0.357. The Bertz CT molecular complexity index is 1260. The van der Waals surface area contributed by atoms with Crippen LogP contribution in [0.3, 0.4) is 0 Å². The number of rotatable bonds is 15. The average Bonchev–Trinajstić information content (AvgIpc) is 3.33. The number of carbonyl (C=O) groups is 4. The van der Waals surface area contributed by atoms with Crippen molar-refractivity contribution in [3.8, 4) is 0 Å². The first-order valence-corrected chi connectivity index (χ1v) is 12.9. The summed E-state index contributed by atoms with van der Waals surface area (Å²) in [6.07, 6.45) is 3.60. The molecule has 11 heteroatoms. The third-order valence-corrected chi connectivity index (χ3v) is 6.37. The summed E-state index contributed by atoms with van der Waals surface area (Å²) in [6.45, 7) is 0.0297. The number of carbonyl (C=O) groups excluding carboxylic acids is 3. The van der Waals surface area contributed by atoms with Crippen LogP contribution in [0.2, 0.25) is 0 Å². The van der Waals surface area contributed by atoms with E-state index in [4.69, 9.17) is 11.5 Å². The summed E-state index contributed by atoms with van der Waals surface area (Å²) >= 11 is 0. The van der Waals surface area contributed by atoms with Crippen LogP contribution in [-0.4, -0.2) is 65.0 Å². The molecule has 3 unspecified atom stereocenters. The Morgan fingerprint density at radius 1 is 0.872 bits per heavy atom. The lowest BCUT2D eigenvalue weighted by atomic mass is 10.0.